The first kappa shape index (κ1) is 17.9. The number of nitrogens with zero attached hydrogens (tertiary/aromatic N) is 2. The highest BCUT2D eigenvalue weighted by atomic mass is 32.1. The van der Waals surface area contributed by atoms with Crippen LogP contribution in [0.5, 0.6) is 0 Å². The zero-order chi connectivity index (χ0) is 18.8. The van der Waals surface area contributed by atoms with Crippen LogP contribution in [0.25, 0.3) is 0 Å². The predicted molar refractivity (Wildman–Crippen MR) is 102 cm³/mol. The topological polar surface area (TPSA) is 61.8 Å². The minimum Gasteiger partial charge on any atom is -0.301 e. The molecule has 2 aromatic rings. The monoisotopic (exact) mass is 369 g/mol. The number of hydrogen-bond acceptors (Lipinski definition) is 4. The van der Waals surface area contributed by atoms with Crippen LogP contribution in [0.2, 0.25) is 0 Å². The van der Waals surface area contributed by atoms with Gasteiger partial charge >= 0.3 is 0 Å². The van der Waals surface area contributed by atoms with E-state index in [1.165, 1.54) is 23.2 Å². The number of halogens is 1. The van der Waals surface area contributed by atoms with Gasteiger partial charge in [-0.15, -0.1) is 0 Å². The number of carbonyl (C=O) groups is 2. The number of anilines is 1. The number of thiocarbonyl (C=S) groups is 1. The lowest BCUT2D eigenvalue weighted by atomic mass is 10.1. The number of nitrogens with one attached hydrogen (secondary N) is 1. The lowest BCUT2D eigenvalue weighted by Gasteiger charge is -2.30. The number of aliphatic imine (C=N–C) groups is 1. The molecular formula is C19H16FN3O2S. The molecule has 3 rings (SSSR count). The van der Waals surface area contributed by atoms with Crippen molar-refractivity contribution < 1.29 is 14.0 Å². The summed E-state index contributed by atoms with van der Waals surface area (Å²) in [6.45, 7) is 3.55. The van der Waals surface area contributed by atoms with E-state index in [9.17, 15) is 14.0 Å². The van der Waals surface area contributed by atoms with E-state index in [1.807, 2.05) is 19.1 Å². The minimum atomic E-state index is -1.12. The summed E-state index contributed by atoms with van der Waals surface area (Å²) in [5.74, 6) is -2.48. The molecule has 1 heterocycles. The zero-order valence-electron chi connectivity index (χ0n) is 14.2. The van der Waals surface area contributed by atoms with Crippen molar-refractivity contribution in [1.29, 1.82) is 0 Å². The first-order valence-corrected chi connectivity index (χ1v) is 8.33. The van der Waals surface area contributed by atoms with Gasteiger partial charge < -0.3 is 5.32 Å². The molecule has 1 aliphatic rings. The maximum absolute atomic E-state index is 13.3. The van der Waals surface area contributed by atoms with Gasteiger partial charge in [-0.2, -0.15) is 0 Å². The summed E-state index contributed by atoms with van der Waals surface area (Å²) >= 11 is 5.15. The fourth-order valence-corrected chi connectivity index (χ4v) is 2.83. The number of hydrogen-bond donors (Lipinski definition) is 1. The molecule has 7 heteroatoms. The average molecular weight is 369 g/mol. The zero-order valence-corrected chi connectivity index (χ0v) is 15.0. The van der Waals surface area contributed by atoms with Crippen molar-refractivity contribution in [3.63, 3.8) is 0 Å². The van der Waals surface area contributed by atoms with Crippen LogP contribution in [0.1, 0.15) is 11.1 Å². The van der Waals surface area contributed by atoms with Crippen LogP contribution >= 0.6 is 12.2 Å². The van der Waals surface area contributed by atoms with Crippen LogP contribution in [0, 0.1) is 25.6 Å². The molecule has 1 aliphatic heterocycles. The molecule has 0 unspecified atom stereocenters. The van der Waals surface area contributed by atoms with E-state index in [4.69, 9.17) is 12.2 Å². The average Bonchev–Trinajstić information content (AvgIpc) is 2.59. The van der Waals surface area contributed by atoms with Gasteiger partial charge in [0.2, 0.25) is 5.91 Å². The fourth-order valence-electron chi connectivity index (χ4n) is 2.53. The third-order valence-electron chi connectivity index (χ3n) is 4.01. The van der Waals surface area contributed by atoms with Crippen LogP contribution in [-0.4, -0.2) is 23.1 Å². The van der Waals surface area contributed by atoms with Crippen LogP contribution < -0.4 is 10.2 Å². The molecule has 0 aromatic heterocycles. The summed E-state index contributed by atoms with van der Waals surface area (Å²) in [5, 5.41) is 2.56. The number of carbonyl (C=O) groups excluding carboxylic acids is 2. The van der Waals surface area contributed by atoms with Crippen molar-refractivity contribution in [2.75, 3.05) is 4.90 Å². The largest absolute Gasteiger partial charge is 0.301 e. The maximum atomic E-state index is 13.3. The number of benzene rings is 2. The van der Waals surface area contributed by atoms with E-state index >= 15 is 0 Å². The summed E-state index contributed by atoms with van der Waals surface area (Å²) in [5.41, 5.74) is 2.50. The Labute approximate surface area is 155 Å². The lowest BCUT2D eigenvalue weighted by Crippen LogP contribution is -2.58. The molecule has 0 aliphatic carbocycles. The molecule has 1 fully saturated rings. The van der Waals surface area contributed by atoms with Crippen molar-refractivity contribution in [1.82, 2.24) is 5.32 Å². The Hall–Kier alpha value is -2.93. The van der Waals surface area contributed by atoms with Crippen molar-refractivity contribution in [2.45, 2.75) is 13.8 Å². The third-order valence-corrected chi connectivity index (χ3v) is 4.29. The fraction of sp³-hybridized carbons (Fsp3) is 0.158. The van der Waals surface area contributed by atoms with E-state index in [0.29, 0.717) is 16.9 Å². The molecule has 0 saturated carbocycles. The van der Waals surface area contributed by atoms with Crippen molar-refractivity contribution >= 4 is 46.7 Å². The van der Waals surface area contributed by atoms with Crippen LogP contribution in [0.15, 0.2) is 47.5 Å². The second-order valence-electron chi connectivity index (χ2n) is 5.99. The van der Waals surface area contributed by atoms with Gasteiger partial charge in [0.25, 0.3) is 5.91 Å². The molecule has 1 N–H and O–H groups in total. The first-order chi connectivity index (χ1) is 12.4. The van der Waals surface area contributed by atoms with Gasteiger partial charge in [0.15, 0.2) is 11.0 Å². The molecule has 2 aromatic carbocycles. The van der Waals surface area contributed by atoms with Gasteiger partial charge in [0.1, 0.15) is 5.82 Å². The smallest absolute Gasteiger partial charge is 0.251 e. The normalized spacial score (nSPS) is 17.7. The van der Waals surface area contributed by atoms with E-state index in [0.717, 1.165) is 5.56 Å². The summed E-state index contributed by atoms with van der Waals surface area (Å²) in [6.07, 6.45) is 1.26. The van der Waals surface area contributed by atoms with Crippen molar-refractivity contribution in [3.8, 4) is 0 Å². The molecule has 1 saturated heterocycles. The molecule has 1 atom stereocenters. The summed E-state index contributed by atoms with van der Waals surface area (Å²) in [7, 11) is 0. The highest BCUT2D eigenvalue weighted by Crippen LogP contribution is 2.22. The Bertz CT molecular complexity index is 925. The van der Waals surface area contributed by atoms with Gasteiger partial charge in [-0.1, -0.05) is 17.7 Å². The highest BCUT2D eigenvalue weighted by molar-refractivity contribution is 7.80. The molecule has 0 spiro atoms. The minimum absolute atomic E-state index is 0.0335. The standard InChI is InChI=1S/C19H16FN3O2S/c1-11-3-6-14(7-4-11)23-18(25)15(17(24)22-19(23)26)10-21-13-5-8-16(20)12(2)9-13/h3-10,15H,1-2H3,(H,22,24,26)/t15-/m0/s1. The van der Waals surface area contributed by atoms with E-state index in [2.05, 4.69) is 10.3 Å². The Kier molecular flexibility index (Phi) is 4.90. The van der Waals surface area contributed by atoms with Gasteiger partial charge in [-0.25, -0.2) is 4.39 Å². The van der Waals surface area contributed by atoms with Crippen LogP contribution in [0.4, 0.5) is 15.8 Å². The van der Waals surface area contributed by atoms with Crippen molar-refractivity contribution in [2.24, 2.45) is 10.9 Å². The summed E-state index contributed by atoms with van der Waals surface area (Å²) in [4.78, 5) is 30.4. The number of amides is 2. The summed E-state index contributed by atoms with van der Waals surface area (Å²) in [6, 6.07) is 11.5. The molecule has 132 valence electrons. The van der Waals surface area contributed by atoms with E-state index in [-0.39, 0.29) is 10.9 Å². The highest BCUT2D eigenvalue weighted by Gasteiger charge is 2.38. The quantitative estimate of drug-likeness (QED) is 0.513. The van der Waals surface area contributed by atoms with Gasteiger partial charge in [0.05, 0.1) is 11.4 Å². The lowest BCUT2D eigenvalue weighted by molar-refractivity contribution is -0.130. The van der Waals surface area contributed by atoms with Crippen molar-refractivity contribution in [3.05, 3.63) is 59.4 Å². The molecular weight excluding hydrogens is 353 g/mol. The molecule has 0 radical (unpaired) electrons. The van der Waals surface area contributed by atoms with Gasteiger partial charge in [-0.3, -0.25) is 19.5 Å². The first-order valence-electron chi connectivity index (χ1n) is 7.92. The Morgan fingerprint density at radius 1 is 1.15 bits per heavy atom. The Balaban J connectivity index is 1.88. The SMILES string of the molecule is Cc1ccc(N2C(=O)[C@@H](C=Nc3ccc(F)c(C)c3)C(=O)NC2=S)cc1. The number of aryl methyl sites for hydroxylation is 2. The van der Waals surface area contributed by atoms with E-state index < -0.39 is 17.7 Å². The Morgan fingerprint density at radius 2 is 1.85 bits per heavy atom. The molecule has 5 nitrogen and oxygen atoms in total. The van der Waals surface area contributed by atoms with Crippen LogP contribution in [-0.2, 0) is 9.59 Å². The summed E-state index contributed by atoms with van der Waals surface area (Å²) < 4.78 is 13.3. The molecule has 2 amide bonds. The van der Waals surface area contributed by atoms with Crippen LogP contribution in [0.3, 0.4) is 0 Å². The number of rotatable bonds is 3. The van der Waals surface area contributed by atoms with Gasteiger partial charge in [0, 0.05) is 6.21 Å². The Morgan fingerprint density at radius 3 is 2.50 bits per heavy atom. The molecule has 26 heavy (non-hydrogen) atoms. The predicted octanol–water partition coefficient (Wildman–Crippen LogP) is 3.21. The van der Waals surface area contributed by atoms with Gasteiger partial charge in [-0.05, 0) is 62.0 Å². The van der Waals surface area contributed by atoms with E-state index in [1.54, 1.807) is 25.1 Å². The maximum Gasteiger partial charge on any atom is 0.251 e. The second-order valence-corrected chi connectivity index (χ2v) is 6.38. The third kappa shape index (κ3) is 3.52. The second kappa shape index (κ2) is 7.13. The molecule has 0 bridgehead atoms.